The van der Waals surface area contributed by atoms with Crippen molar-refractivity contribution in [3.8, 4) is 0 Å². The molecule has 1 aromatic carbocycles. The molecule has 0 amide bonds. The van der Waals surface area contributed by atoms with Gasteiger partial charge in [-0.25, -0.2) is 18.7 Å². The van der Waals surface area contributed by atoms with Gasteiger partial charge in [0.15, 0.2) is 0 Å². The lowest BCUT2D eigenvalue weighted by atomic mass is 10.3. The van der Waals surface area contributed by atoms with Gasteiger partial charge >= 0.3 is 0 Å². The van der Waals surface area contributed by atoms with E-state index < -0.39 is 11.6 Å². The molecule has 1 aliphatic carbocycles. The molecule has 1 fully saturated rings. The number of rotatable bonds is 3. The van der Waals surface area contributed by atoms with Crippen LogP contribution >= 0.6 is 15.9 Å². The van der Waals surface area contributed by atoms with Crippen LogP contribution in [0.2, 0.25) is 0 Å². The van der Waals surface area contributed by atoms with Crippen LogP contribution in [0.4, 0.5) is 20.3 Å². The summed E-state index contributed by atoms with van der Waals surface area (Å²) in [4.78, 5) is 8.64. The van der Waals surface area contributed by atoms with E-state index in [0.717, 1.165) is 24.7 Å². The summed E-state index contributed by atoms with van der Waals surface area (Å²) in [6.07, 6.45) is 2.18. The van der Waals surface area contributed by atoms with E-state index in [0.29, 0.717) is 22.0 Å². The van der Waals surface area contributed by atoms with E-state index in [1.54, 1.807) is 6.07 Å². The summed E-state index contributed by atoms with van der Waals surface area (Å²) >= 11 is 3.31. The lowest BCUT2D eigenvalue weighted by Gasteiger charge is -2.08. The van der Waals surface area contributed by atoms with E-state index in [2.05, 4.69) is 31.2 Å². The van der Waals surface area contributed by atoms with Crippen LogP contribution in [-0.2, 0) is 0 Å². The third kappa shape index (κ3) is 3.07. The zero-order valence-corrected chi connectivity index (χ0v) is 11.4. The van der Waals surface area contributed by atoms with Crippen molar-refractivity contribution in [2.75, 3.05) is 5.32 Å². The van der Waals surface area contributed by atoms with Crippen molar-refractivity contribution in [3.05, 3.63) is 46.3 Å². The number of hydrogen-bond donors (Lipinski definition) is 1. The molecule has 0 bridgehead atoms. The first-order valence-corrected chi connectivity index (χ1v) is 6.67. The number of halogens is 3. The zero-order chi connectivity index (χ0) is 13.4. The molecule has 1 heterocycles. The topological polar surface area (TPSA) is 37.8 Å². The molecule has 0 atom stereocenters. The van der Waals surface area contributed by atoms with Crippen LogP contribution in [0.5, 0.6) is 0 Å². The van der Waals surface area contributed by atoms with Gasteiger partial charge < -0.3 is 5.32 Å². The molecule has 6 heteroatoms. The maximum absolute atomic E-state index is 13.1. The Morgan fingerprint density at radius 1 is 1.05 bits per heavy atom. The quantitative estimate of drug-likeness (QED) is 0.862. The number of benzene rings is 1. The van der Waals surface area contributed by atoms with Crippen molar-refractivity contribution < 1.29 is 8.78 Å². The minimum absolute atomic E-state index is 0.324. The largest absolute Gasteiger partial charge is 0.340 e. The Morgan fingerprint density at radius 3 is 2.37 bits per heavy atom. The van der Waals surface area contributed by atoms with Gasteiger partial charge in [0.2, 0.25) is 0 Å². The summed E-state index contributed by atoms with van der Waals surface area (Å²) in [7, 11) is 0. The molecule has 0 unspecified atom stereocenters. The second-order valence-electron chi connectivity index (χ2n) is 4.49. The Hall–Kier alpha value is -1.56. The van der Waals surface area contributed by atoms with E-state index in [4.69, 9.17) is 0 Å². The molecular formula is C13H10BrF2N3. The maximum Gasteiger partial charge on any atom is 0.135 e. The lowest BCUT2D eigenvalue weighted by molar-refractivity contribution is 0.584. The Morgan fingerprint density at radius 2 is 1.74 bits per heavy atom. The fourth-order valence-corrected chi connectivity index (χ4v) is 2.20. The molecule has 1 aliphatic rings. The van der Waals surface area contributed by atoms with E-state index in [9.17, 15) is 8.78 Å². The van der Waals surface area contributed by atoms with Crippen LogP contribution in [0.25, 0.3) is 0 Å². The number of nitrogens with zero attached hydrogens (tertiary/aromatic N) is 2. The smallest absolute Gasteiger partial charge is 0.135 e. The molecule has 0 spiro atoms. The van der Waals surface area contributed by atoms with Crippen LogP contribution in [0.3, 0.4) is 0 Å². The summed E-state index contributed by atoms with van der Waals surface area (Å²) in [5, 5.41) is 2.89. The third-order valence-electron chi connectivity index (χ3n) is 2.79. The van der Waals surface area contributed by atoms with Gasteiger partial charge in [-0.05, 0) is 40.9 Å². The minimum Gasteiger partial charge on any atom is -0.340 e. The van der Waals surface area contributed by atoms with E-state index in [-0.39, 0.29) is 0 Å². The van der Waals surface area contributed by atoms with Crippen molar-refractivity contribution in [2.24, 2.45) is 0 Å². The highest BCUT2D eigenvalue weighted by Gasteiger charge is 2.27. The van der Waals surface area contributed by atoms with Crippen LogP contribution in [0.15, 0.2) is 28.9 Å². The average molecular weight is 326 g/mol. The second-order valence-corrected chi connectivity index (χ2v) is 5.30. The highest BCUT2D eigenvalue weighted by atomic mass is 79.9. The molecule has 1 saturated carbocycles. The number of nitrogens with one attached hydrogen (secondary N) is 1. The molecule has 3 nitrogen and oxygen atoms in total. The first-order valence-electron chi connectivity index (χ1n) is 5.88. The van der Waals surface area contributed by atoms with E-state index >= 15 is 0 Å². The van der Waals surface area contributed by atoms with Gasteiger partial charge in [0.1, 0.15) is 27.9 Å². The summed E-state index contributed by atoms with van der Waals surface area (Å²) in [5.74, 6) is 0.431. The fourth-order valence-electron chi connectivity index (χ4n) is 1.80. The Labute approximate surface area is 117 Å². The number of hydrogen-bond acceptors (Lipinski definition) is 3. The fraction of sp³-hybridized carbons (Fsp3) is 0.231. The van der Waals surface area contributed by atoms with Crippen molar-refractivity contribution in [3.63, 3.8) is 0 Å². The highest BCUT2D eigenvalue weighted by molar-refractivity contribution is 9.10. The van der Waals surface area contributed by atoms with Gasteiger partial charge in [-0.3, -0.25) is 0 Å². The standard InChI is InChI=1S/C13H10BrF2N3/c14-11-6-12(19-13(18-11)7-1-2-7)17-10-4-8(15)3-9(16)5-10/h3-7H,1-2H2,(H,17,18,19). The van der Waals surface area contributed by atoms with Crippen LogP contribution < -0.4 is 5.32 Å². The number of aromatic nitrogens is 2. The first-order chi connectivity index (χ1) is 9.10. The van der Waals surface area contributed by atoms with Crippen molar-refractivity contribution in [1.29, 1.82) is 0 Å². The lowest BCUT2D eigenvalue weighted by Crippen LogP contribution is -2.00. The average Bonchev–Trinajstić information content (AvgIpc) is 3.09. The van der Waals surface area contributed by atoms with Crippen molar-refractivity contribution in [1.82, 2.24) is 9.97 Å². The Balaban J connectivity index is 1.89. The molecule has 0 saturated heterocycles. The molecule has 1 aromatic heterocycles. The van der Waals surface area contributed by atoms with Crippen LogP contribution in [0, 0.1) is 11.6 Å². The first kappa shape index (κ1) is 12.5. The Bertz CT molecular complexity index is 609. The summed E-state index contributed by atoms with van der Waals surface area (Å²) in [6.45, 7) is 0. The van der Waals surface area contributed by atoms with Gasteiger partial charge in [0.05, 0.1) is 0 Å². The normalized spacial score (nSPS) is 14.5. The van der Waals surface area contributed by atoms with E-state index in [1.165, 1.54) is 12.1 Å². The minimum atomic E-state index is -0.627. The molecule has 19 heavy (non-hydrogen) atoms. The predicted octanol–water partition coefficient (Wildman–Crippen LogP) is 4.14. The van der Waals surface area contributed by atoms with Gasteiger partial charge in [-0.1, -0.05) is 0 Å². The summed E-state index contributed by atoms with van der Waals surface area (Å²) < 4.78 is 26.9. The van der Waals surface area contributed by atoms with Gasteiger partial charge in [-0.15, -0.1) is 0 Å². The maximum atomic E-state index is 13.1. The van der Waals surface area contributed by atoms with Gasteiger partial charge in [-0.2, -0.15) is 0 Å². The van der Waals surface area contributed by atoms with Crippen LogP contribution in [0.1, 0.15) is 24.6 Å². The van der Waals surface area contributed by atoms with Gasteiger partial charge in [0, 0.05) is 23.7 Å². The molecule has 0 radical (unpaired) electrons. The van der Waals surface area contributed by atoms with Crippen LogP contribution in [-0.4, -0.2) is 9.97 Å². The van der Waals surface area contributed by atoms with Crippen molar-refractivity contribution >= 4 is 27.4 Å². The number of anilines is 2. The monoisotopic (exact) mass is 325 g/mol. The van der Waals surface area contributed by atoms with E-state index in [1.807, 2.05) is 0 Å². The van der Waals surface area contributed by atoms with Crippen molar-refractivity contribution in [2.45, 2.75) is 18.8 Å². The van der Waals surface area contributed by atoms with Gasteiger partial charge in [0.25, 0.3) is 0 Å². The SMILES string of the molecule is Fc1cc(F)cc(Nc2cc(Br)nc(C3CC3)n2)c1. The third-order valence-corrected chi connectivity index (χ3v) is 3.20. The second kappa shape index (κ2) is 4.85. The molecule has 3 rings (SSSR count). The predicted molar refractivity (Wildman–Crippen MR) is 71.3 cm³/mol. The molecule has 2 aromatic rings. The summed E-state index contributed by atoms with van der Waals surface area (Å²) in [5.41, 5.74) is 0.324. The molecule has 1 N–H and O–H groups in total. The summed E-state index contributed by atoms with van der Waals surface area (Å²) in [6, 6.07) is 4.94. The molecule has 0 aliphatic heterocycles. The Kier molecular flexibility index (Phi) is 3.18. The zero-order valence-electron chi connectivity index (χ0n) is 9.83. The molecular weight excluding hydrogens is 316 g/mol. The highest BCUT2D eigenvalue weighted by Crippen LogP contribution is 2.39. The molecule has 98 valence electrons.